The molecule has 2 rings (SSSR count). The van der Waals surface area contributed by atoms with Crippen LogP contribution in [0.25, 0.3) is 0 Å². The van der Waals surface area contributed by atoms with E-state index in [-0.39, 0.29) is 12.1 Å². The minimum atomic E-state index is -0.176. The first-order chi connectivity index (χ1) is 6.77. The molecule has 4 nitrogen and oxygen atoms in total. The SMILES string of the molecule is CC1C(O)CCCN1Cc1cnns1. The van der Waals surface area contributed by atoms with E-state index in [4.69, 9.17) is 0 Å². The average Bonchev–Trinajstić information content (AvgIpc) is 2.66. The summed E-state index contributed by atoms with van der Waals surface area (Å²) in [6.07, 6.45) is 3.64. The normalized spacial score (nSPS) is 29.3. The Morgan fingerprint density at radius 2 is 2.57 bits per heavy atom. The van der Waals surface area contributed by atoms with Gasteiger partial charge >= 0.3 is 0 Å². The molecular formula is C9H15N3OS. The van der Waals surface area contributed by atoms with Crippen LogP contribution in [-0.4, -0.2) is 38.3 Å². The highest BCUT2D eigenvalue weighted by atomic mass is 32.1. The third-order valence-electron chi connectivity index (χ3n) is 2.84. The van der Waals surface area contributed by atoms with Crippen LogP contribution >= 0.6 is 11.5 Å². The van der Waals surface area contributed by atoms with E-state index in [2.05, 4.69) is 21.4 Å². The molecule has 5 heteroatoms. The lowest BCUT2D eigenvalue weighted by atomic mass is 10.0. The summed E-state index contributed by atoms with van der Waals surface area (Å²) in [5.41, 5.74) is 0. The van der Waals surface area contributed by atoms with Crippen molar-refractivity contribution in [2.75, 3.05) is 6.54 Å². The van der Waals surface area contributed by atoms with E-state index in [9.17, 15) is 5.11 Å². The number of nitrogens with zero attached hydrogens (tertiary/aromatic N) is 3. The summed E-state index contributed by atoms with van der Waals surface area (Å²) in [7, 11) is 0. The van der Waals surface area contributed by atoms with Crippen molar-refractivity contribution in [2.45, 2.75) is 38.5 Å². The number of piperidine rings is 1. The maximum absolute atomic E-state index is 9.71. The van der Waals surface area contributed by atoms with Crippen LogP contribution in [0.5, 0.6) is 0 Å². The molecule has 2 unspecified atom stereocenters. The van der Waals surface area contributed by atoms with Crippen LogP contribution in [0.1, 0.15) is 24.6 Å². The highest BCUT2D eigenvalue weighted by molar-refractivity contribution is 7.05. The Balaban J connectivity index is 1.97. The Morgan fingerprint density at radius 1 is 1.71 bits per heavy atom. The molecule has 1 aliphatic heterocycles. The second-order valence-electron chi connectivity index (χ2n) is 3.80. The van der Waals surface area contributed by atoms with Crippen molar-refractivity contribution in [3.05, 3.63) is 11.1 Å². The molecule has 0 radical (unpaired) electrons. The number of rotatable bonds is 2. The summed E-state index contributed by atoms with van der Waals surface area (Å²) in [6.45, 7) is 4.02. The molecule has 1 aromatic heterocycles. The van der Waals surface area contributed by atoms with Gasteiger partial charge in [-0.2, -0.15) is 0 Å². The van der Waals surface area contributed by atoms with Crippen molar-refractivity contribution in [2.24, 2.45) is 0 Å². The van der Waals surface area contributed by atoms with Gasteiger partial charge in [-0.3, -0.25) is 4.90 Å². The first-order valence-electron chi connectivity index (χ1n) is 4.95. The van der Waals surface area contributed by atoms with Crippen LogP contribution < -0.4 is 0 Å². The van der Waals surface area contributed by atoms with Crippen molar-refractivity contribution >= 4 is 11.5 Å². The van der Waals surface area contributed by atoms with Gasteiger partial charge in [-0.05, 0) is 37.8 Å². The summed E-state index contributed by atoms with van der Waals surface area (Å²) < 4.78 is 3.83. The fourth-order valence-corrected chi connectivity index (χ4v) is 2.39. The third-order valence-corrected chi connectivity index (χ3v) is 3.49. The van der Waals surface area contributed by atoms with Crippen LogP contribution in [0, 0.1) is 0 Å². The van der Waals surface area contributed by atoms with Gasteiger partial charge in [0.1, 0.15) is 0 Å². The van der Waals surface area contributed by atoms with Crippen molar-refractivity contribution in [1.82, 2.24) is 14.5 Å². The lowest BCUT2D eigenvalue weighted by molar-refractivity contribution is 0.0162. The molecule has 14 heavy (non-hydrogen) atoms. The highest BCUT2D eigenvalue weighted by Gasteiger charge is 2.26. The molecule has 0 aromatic carbocycles. The summed E-state index contributed by atoms with van der Waals surface area (Å²) in [4.78, 5) is 3.47. The average molecular weight is 213 g/mol. The van der Waals surface area contributed by atoms with Gasteiger partial charge in [-0.15, -0.1) is 5.10 Å². The second kappa shape index (κ2) is 4.33. The van der Waals surface area contributed by atoms with Gasteiger partial charge in [0.05, 0.1) is 17.2 Å². The van der Waals surface area contributed by atoms with Crippen LogP contribution in [-0.2, 0) is 6.54 Å². The summed E-state index contributed by atoms with van der Waals surface area (Å²) in [5.74, 6) is 0. The smallest absolute Gasteiger partial charge is 0.0693 e. The predicted octanol–water partition coefficient (Wildman–Crippen LogP) is 0.883. The van der Waals surface area contributed by atoms with Crippen molar-refractivity contribution in [1.29, 1.82) is 0 Å². The molecule has 1 fully saturated rings. The first-order valence-corrected chi connectivity index (χ1v) is 5.73. The molecular weight excluding hydrogens is 198 g/mol. The van der Waals surface area contributed by atoms with Crippen LogP contribution in [0.4, 0.5) is 0 Å². The topological polar surface area (TPSA) is 49.2 Å². The lowest BCUT2D eigenvalue weighted by Gasteiger charge is -2.36. The molecule has 0 saturated carbocycles. The molecule has 1 aliphatic rings. The van der Waals surface area contributed by atoms with Crippen LogP contribution in [0.3, 0.4) is 0 Å². The van der Waals surface area contributed by atoms with Crippen molar-refractivity contribution in [3.8, 4) is 0 Å². The molecule has 0 amide bonds. The zero-order valence-electron chi connectivity index (χ0n) is 8.26. The van der Waals surface area contributed by atoms with Gasteiger partial charge in [0.25, 0.3) is 0 Å². The van der Waals surface area contributed by atoms with E-state index in [1.54, 1.807) is 6.20 Å². The van der Waals surface area contributed by atoms with Crippen molar-refractivity contribution in [3.63, 3.8) is 0 Å². The molecule has 0 spiro atoms. The molecule has 0 bridgehead atoms. The standard InChI is InChI=1S/C9H15N3OS/c1-7-9(13)3-2-4-12(7)6-8-5-10-11-14-8/h5,7,9,13H,2-4,6H2,1H3. The summed E-state index contributed by atoms with van der Waals surface area (Å²) in [6, 6.07) is 0.255. The van der Waals surface area contributed by atoms with E-state index in [0.717, 1.165) is 25.9 Å². The largest absolute Gasteiger partial charge is 0.392 e. The van der Waals surface area contributed by atoms with Gasteiger partial charge in [0.15, 0.2) is 0 Å². The fraction of sp³-hybridized carbons (Fsp3) is 0.778. The monoisotopic (exact) mass is 213 g/mol. The van der Waals surface area contributed by atoms with Gasteiger partial charge < -0.3 is 5.11 Å². The lowest BCUT2D eigenvalue weighted by Crippen LogP contribution is -2.45. The van der Waals surface area contributed by atoms with Gasteiger partial charge in [0, 0.05) is 12.6 Å². The van der Waals surface area contributed by atoms with Gasteiger partial charge in [0.2, 0.25) is 0 Å². The number of likely N-dealkylation sites (tertiary alicyclic amines) is 1. The number of aliphatic hydroxyl groups is 1. The summed E-state index contributed by atoms with van der Waals surface area (Å²) >= 11 is 1.44. The number of hydrogen-bond donors (Lipinski definition) is 1. The first kappa shape index (κ1) is 10.0. The summed E-state index contributed by atoms with van der Waals surface area (Å²) in [5, 5.41) is 13.5. The Bertz CT molecular complexity index is 278. The van der Waals surface area contributed by atoms with E-state index >= 15 is 0 Å². The van der Waals surface area contributed by atoms with E-state index in [0.29, 0.717) is 0 Å². The van der Waals surface area contributed by atoms with Crippen LogP contribution in [0.15, 0.2) is 6.20 Å². The van der Waals surface area contributed by atoms with E-state index in [1.807, 2.05) is 0 Å². The predicted molar refractivity (Wildman–Crippen MR) is 55.0 cm³/mol. The van der Waals surface area contributed by atoms with E-state index < -0.39 is 0 Å². The van der Waals surface area contributed by atoms with Crippen LogP contribution in [0.2, 0.25) is 0 Å². The minimum Gasteiger partial charge on any atom is -0.392 e. The molecule has 2 heterocycles. The Labute approximate surface area is 87.7 Å². The number of hydrogen-bond acceptors (Lipinski definition) is 5. The van der Waals surface area contributed by atoms with Gasteiger partial charge in [-0.25, -0.2) is 0 Å². The molecule has 2 atom stereocenters. The highest BCUT2D eigenvalue weighted by Crippen LogP contribution is 2.20. The quantitative estimate of drug-likeness (QED) is 0.792. The zero-order valence-corrected chi connectivity index (χ0v) is 9.07. The number of aliphatic hydroxyl groups excluding tert-OH is 1. The Kier molecular flexibility index (Phi) is 3.10. The second-order valence-corrected chi connectivity index (χ2v) is 4.67. The Hall–Kier alpha value is -0.520. The third kappa shape index (κ3) is 2.10. The Morgan fingerprint density at radius 3 is 3.29 bits per heavy atom. The molecule has 1 aromatic rings. The fourth-order valence-electron chi connectivity index (χ4n) is 1.87. The molecule has 1 N–H and O–H groups in total. The van der Waals surface area contributed by atoms with E-state index in [1.165, 1.54) is 16.4 Å². The molecule has 1 saturated heterocycles. The van der Waals surface area contributed by atoms with Crippen molar-refractivity contribution < 1.29 is 5.11 Å². The minimum absolute atomic E-state index is 0.176. The number of aromatic nitrogens is 2. The van der Waals surface area contributed by atoms with Gasteiger partial charge in [-0.1, -0.05) is 4.49 Å². The molecule has 0 aliphatic carbocycles. The molecule has 78 valence electrons. The maximum atomic E-state index is 9.71. The zero-order chi connectivity index (χ0) is 9.97. The maximum Gasteiger partial charge on any atom is 0.0693 e.